The van der Waals surface area contributed by atoms with Crippen LogP contribution < -0.4 is 5.73 Å². The molecule has 86 valence electrons. The van der Waals surface area contributed by atoms with Crippen LogP contribution in [0.2, 0.25) is 0 Å². The molecule has 0 saturated carbocycles. The van der Waals surface area contributed by atoms with Gasteiger partial charge >= 0.3 is 0 Å². The quantitative estimate of drug-likeness (QED) is 0.648. The summed E-state index contributed by atoms with van der Waals surface area (Å²) in [6.45, 7) is 12.4. The van der Waals surface area contributed by atoms with Gasteiger partial charge in [-0.2, -0.15) is 0 Å². The number of rotatable bonds is 7. The van der Waals surface area contributed by atoms with Crippen LogP contribution in [-0.4, -0.2) is 29.9 Å². The van der Waals surface area contributed by atoms with Crippen molar-refractivity contribution in [1.29, 1.82) is 0 Å². The summed E-state index contributed by atoms with van der Waals surface area (Å²) >= 11 is 0. The van der Waals surface area contributed by atoms with Crippen LogP contribution in [0.1, 0.15) is 20.3 Å². The fourth-order valence-electron chi connectivity index (χ4n) is 1.41. The third-order valence-corrected chi connectivity index (χ3v) is 2.05. The fraction of sp³-hybridized carbons (Fsp3) is 0.583. The molecule has 0 aliphatic rings. The van der Waals surface area contributed by atoms with E-state index in [1.807, 2.05) is 0 Å². The molecule has 0 rings (SSSR count). The van der Waals surface area contributed by atoms with E-state index < -0.39 is 6.04 Å². The number of carbonyl (C=O) groups is 1. The van der Waals surface area contributed by atoms with Gasteiger partial charge in [-0.15, -0.1) is 13.2 Å². The van der Waals surface area contributed by atoms with E-state index in [0.29, 0.717) is 25.4 Å². The second-order valence-electron chi connectivity index (χ2n) is 4.06. The summed E-state index contributed by atoms with van der Waals surface area (Å²) in [5.74, 6) is 0.404. The average molecular weight is 210 g/mol. The highest BCUT2D eigenvalue weighted by Crippen LogP contribution is 2.06. The van der Waals surface area contributed by atoms with Crippen LogP contribution in [0.25, 0.3) is 0 Å². The number of carbonyl (C=O) groups excluding carboxylic acids is 1. The maximum atomic E-state index is 11.9. The molecule has 3 heteroatoms. The van der Waals surface area contributed by atoms with E-state index in [1.54, 1.807) is 17.1 Å². The molecule has 0 aromatic rings. The van der Waals surface area contributed by atoms with Crippen molar-refractivity contribution in [1.82, 2.24) is 4.90 Å². The second kappa shape index (κ2) is 7.23. The van der Waals surface area contributed by atoms with Crippen LogP contribution in [0, 0.1) is 5.92 Å². The lowest BCUT2D eigenvalue weighted by Gasteiger charge is -2.24. The third kappa shape index (κ3) is 5.37. The first-order valence-electron chi connectivity index (χ1n) is 5.29. The number of hydrogen-bond acceptors (Lipinski definition) is 2. The zero-order valence-electron chi connectivity index (χ0n) is 9.78. The predicted molar refractivity (Wildman–Crippen MR) is 64.4 cm³/mol. The van der Waals surface area contributed by atoms with Crippen LogP contribution in [0.15, 0.2) is 25.3 Å². The van der Waals surface area contributed by atoms with Gasteiger partial charge < -0.3 is 10.6 Å². The Kier molecular flexibility index (Phi) is 6.71. The molecule has 2 N–H and O–H groups in total. The summed E-state index contributed by atoms with van der Waals surface area (Å²) in [4.78, 5) is 13.5. The smallest absolute Gasteiger partial charge is 0.240 e. The number of amides is 1. The van der Waals surface area contributed by atoms with Crippen molar-refractivity contribution >= 4 is 5.91 Å². The molecule has 15 heavy (non-hydrogen) atoms. The lowest BCUT2D eigenvalue weighted by molar-refractivity contribution is -0.131. The topological polar surface area (TPSA) is 46.3 Å². The molecule has 0 heterocycles. The minimum Gasteiger partial charge on any atom is -0.334 e. The lowest BCUT2D eigenvalue weighted by atomic mass is 10.0. The Hall–Kier alpha value is -1.09. The van der Waals surface area contributed by atoms with Crippen LogP contribution >= 0.6 is 0 Å². The van der Waals surface area contributed by atoms with E-state index in [1.165, 1.54) is 0 Å². The summed E-state index contributed by atoms with van der Waals surface area (Å²) in [7, 11) is 0. The van der Waals surface area contributed by atoms with Gasteiger partial charge in [0.05, 0.1) is 6.04 Å². The normalized spacial score (nSPS) is 12.3. The predicted octanol–water partition coefficient (Wildman–Crippen LogP) is 1.56. The molecule has 0 bridgehead atoms. The Bertz CT molecular complexity index is 214. The van der Waals surface area contributed by atoms with Crippen molar-refractivity contribution in [3.05, 3.63) is 25.3 Å². The summed E-state index contributed by atoms with van der Waals surface area (Å²) in [6, 6.07) is -0.412. The van der Waals surface area contributed by atoms with Gasteiger partial charge in [0.25, 0.3) is 0 Å². The molecule has 0 aromatic carbocycles. The summed E-state index contributed by atoms with van der Waals surface area (Å²) in [6.07, 6.45) is 4.11. The van der Waals surface area contributed by atoms with Gasteiger partial charge in [-0.25, -0.2) is 0 Å². The second-order valence-corrected chi connectivity index (χ2v) is 4.06. The summed E-state index contributed by atoms with van der Waals surface area (Å²) in [5, 5.41) is 0. The largest absolute Gasteiger partial charge is 0.334 e. The van der Waals surface area contributed by atoms with E-state index in [9.17, 15) is 4.79 Å². The molecule has 0 unspecified atom stereocenters. The molecule has 0 aliphatic carbocycles. The fourth-order valence-corrected chi connectivity index (χ4v) is 1.41. The van der Waals surface area contributed by atoms with Crippen molar-refractivity contribution in [2.24, 2.45) is 11.7 Å². The third-order valence-electron chi connectivity index (χ3n) is 2.05. The van der Waals surface area contributed by atoms with Crippen molar-refractivity contribution in [2.75, 3.05) is 13.1 Å². The molecule has 0 fully saturated rings. The lowest BCUT2D eigenvalue weighted by Crippen LogP contribution is -2.44. The van der Waals surface area contributed by atoms with Crippen molar-refractivity contribution < 1.29 is 4.79 Å². The standard InChI is InChI=1S/C12H22N2O/c1-5-7-14(8-6-2)12(15)11(13)9-10(3)4/h5-6,10-11H,1-2,7-9,13H2,3-4H3/t11-/m0/s1. The van der Waals surface area contributed by atoms with E-state index in [0.717, 1.165) is 0 Å². The van der Waals surface area contributed by atoms with Gasteiger partial charge in [-0.05, 0) is 12.3 Å². The monoisotopic (exact) mass is 210 g/mol. The molecule has 0 radical (unpaired) electrons. The maximum Gasteiger partial charge on any atom is 0.240 e. The molecule has 0 aliphatic heterocycles. The maximum absolute atomic E-state index is 11.9. The highest BCUT2D eigenvalue weighted by molar-refractivity contribution is 5.81. The number of nitrogens with zero attached hydrogens (tertiary/aromatic N) is 1. The van der Waals surface area contributed by atoms with Gasteiger partial charge in [0, 0.05) is 13.1 Å². The van der Waals surface area contributed by atoms with E-state index in [4.69, 9.17) is 5.73 Å². The van der Waals surface area contributed by atoms with Crippen LogP contribution in [0.4, 0.5) is 0 Å². The Morgan fingerprint density at radius 2 is 1.80 bits per heavy atom. The molecule has 0 aromatic heterocycles. The van der Waals surface area contributed by atoms with Crippen molar-refractivity contribution in [3.8, 4) is 0 Å². The zero-order chi connectivity index (χ0) is 11.8. The van der Waals surface area contributed by atoms with Crippen molar-refractivity contribution in [2.45, 2.75) is 26.3 Å². The van der Waals surface area contributed by atoms with Crippen LogP contribution in [0.3, 0.4) is 0 Å². The number of nitrogens with two attached hydrogens (primary N) is 1. The van der Waals surface area contributed by atoms with Crippen molar-refractivity contribution in [3.63, 3.8) is 0 Å². The highest BCUT2D eigenvalue weighted by Gasteiger charge is 2.19. The first-order chi connectivity index (χ1) is 7.02. The minimum absolute atomic E-state index is 0.0245. The Balaban J connectivity index is 4.33. The van der Waals surface area contributed by atoms with Crippen LogP contribution in [-0.2, 0) is 4.79 Å². The Labute approximate surface area is 92.6 Å². The molecular weight excluding hydrogens is 188 g/mol. The molecule has 0 saturated heterocycles. The molecule has 1 atom stereocenters. The minimum atomic E-state index is -0.412. The molecule has 3 nitrogen and oxygen atoms in total. The zero-order valence-corrected chi connectivity index (χ0v) is 9.78. The molecule has 0 spiro atoms. The van der Waals surface area contributed by atoms with Crippen LogP contribution in [0.5, 0.6) is 0 Å². The highest BCUT2D eigenvalue weighted by atomic mass is 16.2. The number of hydrogen-bond donors (Lipinski definition) is 1. The van der Waals surface area contributed by atoms with Gasteiger partial charge in [0.1, 0.15) is 0 Å². The summed E-state index contributed by atoms with van der Waals surface area (Å²) in [5.41, 5.74) is 5.82. The van der Waals surface area contributed by atoms with Gasteiger partial charge in [-0.3, -0.25) is 4.79 Å². The molecular formula is C12H22N2O. The Morgan fingerprint density at radius 3 is 2.13 bits per heavy atom. The van der Waals surface area contributed by atoms with E-state index in [-0.39, 0.29) is 5.91 Å². The van der Waals surface area contributed by atoms with Gasteiger partial charge in [0.2, 0.25) is 5.91 Å². The van der Waals surface area contributed by atoms with Gasteiger partial charge in [-0.1, -0.05) is 26.0 Å². The van der Waals surface area contributed by atoms with Gasteiger partial charge in [0.15, 0.2) is 0 Å². The first-order valence-corrected chi connectivity index (χ1v) is 5.29. The van der Waals surface area contributed by atoms with E-state index in [2.05, 4.69) is 27.0 Å². The SMILES string of the molecule is C=CCN(CC=C)C(=O)[C@@H](N)CC(C)C. The Morgan fingerprint density at radius 1 is 1.33 bits per heavy atom. The average Bonchev–Trinajstić information content (AvgIpc) is 2.15. The molecule has 1 amide bonds. The summed E-state index contributed by atoms with van der Waals surface area (Å²) < 4.78 is 0. The first kappa shape index (κ1) is 13.9. The van der Waals surface area contributed by atoms with E-state index >= 15 is 0 Å².